The third-order valence-electron chi connectivity index (χ3n) is 2.76. The summed E-state index contributed by atoms with van der Waals surface area (Å²) in [6.45, 7) is 2.10. The number of hydrogen-bond acceptors (Lipinski definition) is 3. The minimum Gasteiger partial charge on any atom is -0.465 e. The lowest BCUT2D eigenvalue weighted by atomic mass is 10.1. The highest BCUT2D eigenvalue weighted by atomic mass is 35.5. The predicted octanol–water partition coefficient (Wildman–Crippen LogP) is 2.25. The van der Waals surface area contributed by atoms with Crippen LogP contribution in [0.4, 0.5) is 0 Å². The van der Waals surface area contributed by atoms with Crippen LogP contribution in [0.15, 0.2) is 24.4 Å². The third-order valence-corrected chi connectivity index (χ3v) is 2.99. The second kappa shape index (κ2) is 5.42. The van der Waals surface area contributed by atoms with E-state index in [2.05, 4.69) is 4.98 Å². The Kier molecular flexibility index (Phi) is 3.89. The Balaban J connectivity index is 2.21. The maximum Gasteiger partial charge on any atom is 0.323 e. The Labute approximate surface area is 110 Å². The molecule has 0 saturated heterocycles. The van der Waals surface area contributed by atoms with Gasteiger partial charge in [0.15, 0.2) is 0 Å². The van der Waals surface area contributed by atoms with Gasteiger partial charge in [0, 0.05) is 28.5 Å². The summed E-state index contributed by atoms with van der Waals surface area (Å²) in [5, 5.41) is 1.65. The lowest BCUT2D eigenvalue weighted by Gasteiger charge is -2.09. The standard InChI is InChI=1S/C13H15ClN2O2/c1-2-18-13(17)11(15)5-8-7-16-12-4-3-9(14)6-10(8)12/h3-4,6-7,11,16H,2,5,15H2,1H3/t11-/m0/s1. The lowest BCUT2D eigenvalue weighted by molar-refractivity contribution is -0.144. The Hall–Kier alpha value is -1.52. The molecular formula is C13H15ClN2O2. The fourth-order valence-corrected chi connectivity index (χ4v) is 2.06. The molecule has 4 nitrogen and oxygen atoms in total. The van der Waals surface area contributed by atoms with Crippen LogP contribution in [-0.4, -0.2) is 23.6 Å². The number of halogens is 1. The van der Waals surface area contributed by atoms with Gasteiger partial charge >= 0.3 is 5.97 Å². The quantitative estimate of drug-likeness (QED) is 0.834. The van der Waals surface area contributed by atoms with Gasteiger partial charge in [-0.05, 0) is 30.7 Å². The number of nitrogens with two attached hydrogens (primary N) is 1. The monoisotopic (exact) mass is 266 g/mol. The van der Waals surface area contributed by atoms with Gasteiger partial charge < -0.3 is 15.5 Å². The summed E-state index contributed by atoms with van der Waals surface area (Å²) in [5.41, 5.74) is 7.75. The van der Waals surface area contributed by atoms with E-state index in [1.807, 2.05) is 24.4 Å². The first-order chi connectivity index (χ1) is 8.61. The van der Waals surface area contributed by atoms with Crippen LogP contribution < -0.4 is 5.73 Å². The van der Waals surface area contributed by atoms with Gasteiger partial charge in [0.1, 0.15) is 6.04 Å². The van der Waals surface area contributed by atoms with Crippen LogP contribution >= 0.6 is 11.6 Å². The van der Waals surface area contributed by atoms with E-state index in [1.165, 1.54) is 0 Å². The molecule has 3 N–H and O–H groups in total. The smallest absolute Gasteiger partial charge is 0.323 e. The van der Waals surface area contributed by atoms with Crippen molar-refractivity contribution < 1.29 is 9.53 Å². The second-order valence-corrected chi connectivity index (χ2v) is 4.50. The Morgan fingerprint density at radius 3 is 3.06 bits per heavy atom. The molecule has 0 radical (unpaired) electrons. The zero-order valence-corrected chi connectivity index (χ0v) is 10.8. The first-order valence-electron chi connectivity index (χ1n) is 5.79. The van der Waals surface area contributed by atoms with Crippen molar-refractivity contribution in [1.29, 1.82) is 0 Å². The van der Waals surface area contributed by atoms with E-state index in [4.69, 9.17) is 22.1 Å². The van der Waals surface area contributed by atoms with E-state index in [0.717, 1.165) is 16.5 Å². The largest absolute Gasteiger partial charge is 0.465 e. The van der Waals surface area contributed by atoms with Crippen molar-refractivity contribution in [3.05, 3.63) is 35.0 Å². The van der Waals surface area contributed by atoms with E-state index in [0.29, 0.717) is 18.1 Å². The summed E-state index contributed by atoms with van der Waals surface area (Å²) < 4.78 is 4.89. The average molecular weight is 267 g/mol. The minimum absolute atomic E-state index is 0.340. The molecule has 0 fully saturated rings. The first-order valence-corrected chi connectivity index (χ1v) is 6.17. The average Bonchev–Trinajstić information content (AvgIpc) is 2.72. The molecule has 2 aromatic rings. The van der Waals surface area contributed by atoms with E-state index < -0.39 is 6.04 Å². The van der Waals surface area contributed by atoms with Crippen LogP contribution in [0, 0.1) is 0 Å². The highest BCUT2D eigenvalue weighted by Crippen LogP contribution is 2.23. The van der Waals surface area contributed by atoms with E-state index in [1.54, 1.807) is 6.92 Å². The number of aromatic amines is 1. The molecule has 0 aliphatic rings. The molecule has 18 heavy (non-hydrogen) atoms. The van der Waals surface area contributed by atoms with Gasteiger partial charge in [0.25, 0.3) is 0 Å². The van der Waals surface area contributed by atoms with Crippen LogP contribution in [-0.2, 0) is 16.0 Å². The zero-order chi connectivity index (χ0) is 13.1. The molecule has 0 saturated carbocycles. The molecule has 0 aliphatic carbocycles. The number of benzene rings is 1. The first kappa shape index (κ1) is 12.9. The number of esters is 1. The number of nitrogens with one attached hydrogen (secondary N) is 1. The van der Waals surface area contributed by atoms with Gasteiger partial charge in [-0.3, -0.25) is 4.79 Å². The molecule has 96 valence electrons. The van der Waals surface area contributed by atoms with Crippen molar-refractivity contribution in [2.24, 2.45) is 5.73 Å². The van der Waals surface area contributed by atoms with E-state index in [9.17, 15) is 4.79 Å². The maximum atomic E-state index is 11.5. The van der Waals surface area contributed by atoms with Crippen molar-refractivity contribution >= 4 is 28.5 Å². The van der Waals surface area contributed by atoms with Crippen LogP contribution in [0.5, 0.6) is 0 Å². The summed E-state index contributed by atoms with van der Waals surface area (Å²) in [4.78, 5) is 14.6. The fourth-order valence-electron chi connectivity index (χ4n) is 1.89. The number of carbonyl (C=O) groups excluding carboxylic acids is 1. The number of hydrogen-bond donors (Lipinski definition) is 2. The molecule has 2 rings (SSSR count). The Morgan fingerprint density at radius 1 is 1.56 bits per heavy atom. The number of rotatable bonds is 4. The summed E-state index contributed by atoms with van der Waals surface area (Å²) in [6, 6.07) is 4.93. The SMILES string of the molecule is CCOC(=O)[C@@H](N)Cc1c[nH]c2ccc(Cl)cc12. The van der Waals surface area contributed by atoms with Gasteiger partial charge in [0.2, 0.25) is 0 Å². The summed E-state index contributed by atoms with van der Waals surface area (Å²) in [7, 11) is 0. The van der Waals surface area contributed by atoms with Crippen molar-refractivity contribution in [1.82, 2.24) is 4.98 Å². The topological polar surface area (TPSA) is 68.1 Å². The fraction of sp³-hybridized carbons (Fsp3) is 0.308. The number of carbonyl (C=O) groups is 1. The molecule has 5 heteroatoms. The molecule has 0 spiro atoms. The lowest BCUT2D eigenvalue weighted by Crippen LogP contribution is -2.34. The molecule has 0 bridgehead atoms. The number of aromatic nitrogens is 1. The van der Waals surface area contributed by atoms with Crippen molar-refractivity contribution in [2.75, 3.05) is 6.61 Å². The normalized spacial score (nSPS) is 12.6. The molecule has 0 unspecified atom stereocenters. The van der Waals surface area contributed by atoms with Crippen LogP contribution in [0.1, 0.15) is 12.5 Å². The van der Waals surface area contributed by atoms with Crippen molar-refractivity contribution in [3.8, 4) is 0 Å². The molecule has 1 heterocycles. The predicted molar refractivity (Wildman–Crippen MR) is 71.6 cm³/mol. The van der Waals surface area contributed by atoms with Crippen LogP contribution in [0.3, 0.4) is 0 Å². The molecular weight excluding hydrogens is 252 g/mol. The van der Waals surface area contributed by atoms with Gasteiger partial charge in [0.05, 0.1) is 6.61 Å². The highest BCUT2D eigenvalue weighted by molar-refractivity contribution is 6.31. The Morgan fingerprint density at radius 2 is 2.33 bits per heavy atom. The molecule has 1 aromatic heterocycles. The third kappa shape index (κ3) is 2.66. The molecule has 1 aromatic carbocycles. The van der Waals surface area contributed by atoms with E-state index in [-0.39, 0.29) is 5.97 Å². The van der Waals surface area contributed by atoms with Crippen molar-refractivity contribution in [2.45, 2.75) is 19.4 Å². The number of H-pyrrole nitrogens is 1. The van der Waals surface area contributed by atoms with Gasteiger partial charge in [-0.1, -0.05) is 11.6 Å². The second-order valence-electron chi connectivity index (χ2n) is 4.07. The number of fused-ring (bicyclic) bond motifs is 1. The summed E-state index contributed by atoms with van der Waals surface area (Å²) in [6.07, 6.45) is 2.28. The van der Waals surface area contributed by atoms with Gasteiger partial charge in [-0.2, -0.15) is 0 Å². The Bertz CT molecular complexity index is 565. The zero-order valence-electron chi connectivity index (χ0n) is 10.1. The van der Waals surface area contributed by atoms with Crippen LogP contribution in [0.25, 0.3) is 10.9 Å². The summed E-state index contributed by atoms with van der Waals surface area (Å²) in [5.74, 6) is -0.381. The summed E-state index contributed by atoms with van der Waals surface area (Å²) >= 11 is 5.96. The highest BCUT2D eigenvalue weighted by Gasteiger charge is 2.17. The van der Waals surface area contributed by atoms with E-state index >= 15 is 0 Å². The maximum absolute atomic E-state index is 11.5. The van der Waals surface area contributed by atoms with Crippen LogP contribution in [0.2, 0.25) is 5.02 Å². The van der Waals surface area contributed by atoms with Gasteiger partial charge in [-0.25, -0.2) is 0 Å². The van der Waals surface area contributed by atoms with Gasteiger partial charge in [-0.15, -0.1) is 0 Å². The molecule has 1 atom stereocenters. The molecule has 0 aliphatic heterocycles. The van der Waals surface area contributed by atoms with Crippen molar-refractivity contribution in [3.63, 3.8) is 0 Å². The molecule has 0 amide bonds. The minimum atomic E-state index is -0.650. The number of ether oxygens (including phenoxy) is 1.